The van der Waals surface area contributed by atoms with Crippen molar-refractivity contribution in [2.24, 2.45) is 5.73 Å². The summed E-state index contributed by atoms with van der Waals surface area (Å²) in [4.78, 5) is 12.0. The van der Waals surface area contributed by atoms with Gasteiger partial charge in [-0.05, 0) is 31.9 Å². The van der Waals surface area contributed by atoms with Crippen molar-refractivity contribution in [2.75, 3.05) is 0 Å². The van der Waals surface area contributed by atoms with Crippen molar-refractivity contribution in [3.05, 3.63) is 24.2 Å². The Morgan fingerprint density at radius 2 is 2.25 bits per heavy atom. The maximum Gasteiger partial charge on any atom is 0.240 e. The van der Waals surface area contributed by atoms with Gasteiger partial charge in [0, 0.05) is 0 Å². The van der Waals surface area contributed by atoms with Crippen molar-refractivity contribution in [3.8, 4) is 0 Å². The maximum atomic E-state index is 12.0. The summed E-state index contributed by atoms with van der Waals surface area (Å²) in [5.41, 5.74) is 5.40. The molecule has 1 aliphatic rings. The fourth-order valence-electron chi connectivity index (χ4n) is 2.18. The van der Waals surface area contributed by atoms with Crippen molar-refractivity contribution < 1.29 is 9.21 Å². The molecule has 4 heteroatoms. The van der Waals surface area contributed by atoms with E-state index < -0.39 is 5.54 Å². The van der Waals surface area contributed by atoms with Crippen molar-refractivity contribution >= 4 is 5.91 Å². The van der Waals surface area contributed by atoms with Gasteiger partial charge in [-0.25, -0.2) is 0 Å². The van der Waals surface area contributed by atoms with Gasteiger partial charge in [0.25, 0.3) is 0 Å². The first-order chi connectivity index (χ1) is 7.62. The second kappa shape index (κ2) is 4.29. The van der Waals surface area contributed by atoms with E-state index in [4.69, 9.17) is 10.2 Å². The first-order valence-corrected chi connectivity index (χ1v) is 5.75. The number of carbonyl (C=O) groups is 1. The smallest absolute Gasteiger partial charge is 0.240 e. The minimum atomic E-state index is -0.666. The molecule has 1 aliphatic carbocycles. The third kappa shape index (κ3) is 2.11. The molecule has 0 unspecified atom stereocenters. The van der Waals surface area contributed by atoms with Gasteiger partial charge >= 0.3 is 0 Å². The predicted octanol–water partition coefficient (Wildman–Crippen LogP) is 1.73. The van der Waals surface area contributed by atoms with Crippen LogP contribution in [0, 0.1) is 0 Å². The lowest BCUT2D eigenvalue weighted by atomic mass is 9.97. The van der Waals surface area contributed by atoms with E-state index in [1.54, 1.807) is 6.26 Å². The summed E-state index contributed by atoms with van der Waals surface area (Å²) >= 11 is 0. The molecule has 0 aliphatic heterocycles. The molecular weight excluding hydrogens is 204 g/mol. The molecule has 88 valence electrons. The van der Waals surface area contributed by atoms with E-state index in [2.05, 4.69) is 5.32 Å². The van der Waals surface area contributed by atoms with Crippen LogP contribution in [0.25, 0.3) is 0 Å². The van der Waals surface area contributed by atoms with Gasteiger partial charge in [-0.15, -0.1) is 0 Å². The number of furan rings is 1. The van der Waals surface area contributed by atoms with Crippen molar-refractivity contribution in [1.82, 2.24) is 5.32 Å². The average Bonchev–Trinajstić information content (AvgIpc) is 2.88. The monoisotopic (exact) mass is 222 g/mol. The third-order valence-corrected chi connectivity index (χ3v) is 3.27. The SMILES string of the molecule is C[C@@H](NC(=O)C1(N)CCCC1)c1ccco1. The van der Waals surface area contributed by atoms with E-state index in [1.807, 2.05) is 19.1 Å². The topological polar surface area (TPSA) is 68.3 Å². The molecule has 1 aromatic rings. The molecule has 1 atom stereocenters. The second-order valence-electron chi connectivity index (χ2n) is 4.57. The lowest BCUT2D eigenvalue weighted by Crippen LogP contribution is -2.52. The highest BCUT2D eigenvalue weighted by Gasteiger charge is 2.37. The molecule has 2 rings (SSSR count). The van der Waals surface area contributed by atoms with E-state index in [9.17, 15) is 4.79 Å². The zero-order valence-electron chi connectivity index (χ0n) is 9.53. The fourth-order valence-corrected chi connectivity index (χ4v) is 2.18. The molecule has 1 amide bonds. The molecule has 4 nitrogen and oxygen atoms in total. The number of amides is 1. The number of nitrogens with one attached hydrogen (secondary N) is 1. The first kappa shape index (κ1) is 11.2. The molecule has 3 N–H and O–H groups in total. The summed E-state index contributed by atoms with van der Waals surface area (Å²) < 4.78 is 5.24. The molecule has 1 heterocycles. The van der Waals surface area contributed by atoms with Crippen molar-refractivity contribution in [2.45, 2.75) is 44.2 Å². The minimum Gasteiger partial charge on any atom is -0.467 e. The van der Waals surface area contributed by atoms with Crippen molar-refractivity contribution in [3.63, 3.8) is 0 Å². The van der Waals surface area contributed by atoms with Crippen molar-refractivity contribution in [1.29, 1.82) is 0 Å². The van der Waals surface area contributed by atoms with Crippen LogP contribution in [0.4, 0.5) is 0 Å². The van der Waals surface area contributed by atoms with E-state index in [0.29, 0.717) is 0 Å². The Kier molecular flexibility index (Phi) is 3.01. The molecule has 0 radical (unpaired) electrons. The van der Waals surface area contributed by atoms with Crippen LogP contribution in [0.5, 0.6) is 0 Å². The van der Waals surface area contributed by atoms with E-state index >= 15 is 0 Å². The van der Waals surface area contributed by atoms with Crippen LogP contribution in [0.3, 0.4) is 0 Å². The summed E-state index contributed by atoms with van der Waals surface area (Å²) in [6, 6.07) is 3.54. The number of carbonyl (C=O) groups excluding carboxylic acids is 1. The molecule has 1 aromatic heterocycles. The Hall–Kier alpha value is -1.29. The Morgan fingerprint density at radius 1 is 1.56 bits per heavy atom. The van der Waals surface area contributed by atoms with Crippen LogP contribution >= 0.6 is 0 Å². The zero-order valence-corrected chi connectivity index (χ0v) is 9.53. The lowest BCUT2D eigenvalue weighted by molar-refractivity contribution is -0.127. The standard InChI is InChI=1S/C12H18N2O2/c1-9(10-5-4-8-16-10)14-11(15)12(13)6-2-3-7-12/h4-5,8-9H,2-3,6-7,13H2,1H3,(H,14,15)/t9-/m1/s1. The van der Waals surface area contributed by atoms with Gasteiger partial charge < -0.3 is 15.5 Å². The molecular formula is C12H18N2O2. The van der Waals surface area contributed by atoms with Crippen LogP contribution in [-0.2, 0) is 4.79 Å². The summed E-state index contributed by atoms with van der Waals surface area (Å²) in [5, 5.41) is 2.91. The fraction of sp³-hybridized carbons (Fsp3) is 0.583. The van der Waals surface area contributed by atoms with Gasteiger partial charge in [0.05, 0.1) is 17.8 Å². The Balaban J connectivity index is 1.97. The molecule has 0 saturated heterocycles. The number of hydrogen-bond donors (Lipinski definition) is 2. The van der Waals surface area contributed by atoms with Gasteiger partial charge in [0.2, 0.25) is 5.91 Å². The summed E-state index contributed by atoms with van der Waals surface area (Å²) in [6.07, 6.45) is 5.25. The van der Waals surface area contributed by atoms with Crippen LogP contribution in [0.15, 0.2) is 22.8 Å². The molecule has 1 saturated carbocycles. The van der Waals surface area contributed by atoms with Crippen LogP contribution in [-0.4, -0.2) is 11.4 Å². The number of hydrogen-bond acceptors (Lipinski definition) is 3. The Morgan fingerprint density at radius 3 is 2.81 bits per heavy atom. The van der Waals surface area contributed by atoms with Gasteiger partial charge in [0.15, 0.2) is 0 Å². The van der Waals surface area contributed by atoms with Gasteiger partial charge in [0.1, 0.15) is 5.76 Å². The average molecular weight is 222 g/mol. The number of rotatable bonds is 3. The van der Waals surface area contributed by atoms with Gasteiger partial charge in [-0.3, -0.25) is 4.79 Å². The van der Waals surface area contributed by atoms with Crippen LogP contribution < -0.4 is 11.1 Å². The maximum absolute atomic E-state index is 12.0. The van der Waals surface area contributed by atoms with E-state index in [1.165, 1.54) is 0 Å². The number of nitrogens with two attached hydrogens (primary N) is 1. The van der Waals surface area contributed by atoms with E-state index in [-0.39, 0.29) is 11.9 Å². The molecule has 0 aromatic carbocycles. The molecule has 1 fully saturated rings. The molecule has 16 heavy (non-hydrogen) atoms. The second-order valence-corrected chi connectivity index (χ2v) is 4.57. The Labute approximate surface area is 95.2 Å². The summed E-state index contributed by atoms with van der Waals surface area (Å²) in [5.74, 6) is 0.698. The minimum absolute atomic E-state index is 0.0612. The lowest BCUT2D eigenvalue weighted by Gasteiger charge is -2.24. The summed E-state index contributed by atoms with van der Waals surface area (Å²) in [6.45, 7) is 1.90. The highest BCUT2D eigenvalue weighted by molar-refractivity contribution is 5.86. The first-order valence-electron chi connectivity index (χ1n) is 5.75. The Bertz CT molecular complexity index is 353. The van der Waals surface area contributed by atoms with E-state index in [0.717, 1.165) is 31.4 Å². The largest absolute Gasteiger partial charge is 0.467 e. The zero-order chi connectivity index (χ0) is 11.6. The predicted molar refractivity (Wildman–Crippen MR) is 60.7 cm³/mol. The molecule has 0 spiro atoms. The highest BCUT2D eigenvalue weighted by atomic mass is 16.3. The molecule has 0 bridgehead atoms. The highest BCUT2D eigenvalue weighted by Crippen LogP contribution is 2.28. The quantitative estimate of drug-likeness (QED) is 0.818. The van der Waals surface area contributed by atoms with Crippen LogP contribution in [0.2, 0.25) is 0 Å². The normalized spacial score (nSPS) is 20.6. The third-order valence-electron chi connectivity index (χ3n) is 3.27. The van der Waals surface area contributed by atoms with Crippen LogP contribution in [0.1, 0.15) is 44.4 Å². The summed E-state index contributed by atoms with van der Waals surface area (Å²) in [7, 11) is 0. The van der Waals surface area contributed by atoms with Gasteiger partial charge in [-0.2, -0.15) is 0 Å². The van der Waals surface area contributed by atoms with Gasteiger partial charge in [-0.1, -0.05) is 12.8 Å².